The third-order valence-electron chi connectivity index (χ3n) is 10.1. The van der Waals surface area contributed by atoms with Crippen LogP contribution < -0.4 is 5.32 Å². The van der Waals surface area contributed by atoms with E-state index in [2.05, 4.69) is 5.32 Å². The van der Waals surface area contributed by atoms with E-state index in [0.717, 1.165) is 12.8 Å². The van der Waals surface area contributed by atoms with Crippen molar-refractivity contribution in [1.29, 1.82) is 0 Å². The van der Waals surface area contributed by atoms with Crippen LogP contribution in [-0.4, -0.2) is 128 Å². The SMILES string of the molecule is CO[C@]1(C)C[C@@H](C)CN(C(=O)O)[C@H](CNC2CC2)COC(=O)C(C)C(=O)[C@H](C)[C@H]1O[C@@H]1O[C@H](C)C[C@H](N(C)C)[C@H]1OC(=O)c1ccccc1. The van der Waals surface area contributed by atoms with Crippen LogP contribution in [0.5, 0.6) is 0 Å². The van der Waals surface area contributed by atoms with Crippen LogP contribution >= 0.6 is 0 Å². The molecular formula is C36H55N3O10. The van der Waals surface area contributed by atoms with E-state index in [1.54, 1.807) is 31.2 Å². The number of carbonyl (C=O) groups excluding carboxylic acids is 3. The molecule has 1 aromatic carbocycles. The lowest BCUT2D eigenvalue weighted by Gasteiger charge is -2.47. The van der Waals surface area contributed by atoms with Crippen molar-refractivity contribution in [1.82, 2.24) is 15.1 Å². The molecule has 2 aliphatic heterocycles. The van der Waals surface area contributed by atoms with Crippen LogP contribution in [0.2, 0.25) is 0 Å². The maximum Gasteiger partial charge on any atom is 0.407 e. The summed E-state index contributed by atoms with van der Waals surface area (Å²) in [6, 6.07) is 8.04. The van der Waals surface area contributed by atoms with Gasteiger partial charge in [0.25, 0.3) is 0 Å². The largest absolute Gasteiger partial charge is 0.465 e. The number of carboxylic acid groups (broad SMARTS) is 1. The summed E-state index contributed by atoms with van der Waals surface area (Å²) in [5.41, 5.74) is -0.788. The second-order valence-electron chi connectivity index (χ2n) is 14.5. The van der Waals surface area contributed by atoms with E-state index < -0.39 is 65.8 Å². The van der Waals surface area contributed by atoms with Gasteiger partial charge in [0.1, 0.15) is 12.5 Å². The molecule has 1 saturated carbocycles. The fourth-order valence-electron chi connectivity index (χ4n) is 7.07. The Labute approximate surface area is 289 Å². The first-order valence-corrected chi connectivity index (χ1v) is 17.4. The summed E-state index contributed by atoms with van der Waals surface area (Å²) in [4.78, 5) is 56.6. The van der Waals surface area contributed by atoms with Crippen molar-refractivity contribution < 1.29 is 48.0 Å². The molecule has 4 rings (SSSR count). The molecule has 3 fully saturated rings. The number of rotatable bonds is 9. The molecular weight excluding hydrogens is 634 g/mol. The lowest BCUT2D eigenvalue weighted by atomic mass is 9.78. The van der Waals surface area contributed by atoms with Gasteiger partial charge >= 0.3 is 18.0 Å². The van der Waals surface area contributed by atoms with Crippen LogP contribution in [0.1, 0.15) is 70.7 Å². The summed E-state index contributed by atoms with van der Waals surface area (Å²) < 4.78 is 31.0. The van der Waals surface area contributed by atoms with Crippen molar-refractivity contribution in [3.05, 3.63) is 35.9 Å². The Morgan fingerprint density at radius 1 is 1.10 bits per heavy atom. The average Bonchev–Trinajstić information content (AvgIpc) is 3.90. The molecule has 2 heterocycles. The van der Waals surface area contributed by atoms with Crippen molar-refractivity contribution in [2.45, 2.75) is 109 Å². The molecule has 1 aliphatic carbocycles. The molecule has 0 radical (unpaired) electrons. The van der Waals surface area contributed by atoms with Crippen molar-refractivity contribution >= 4 is 23.8 Å². The van der Waals surface area contributed by atoms with E-state index >= 15 is 0 Å². The van der Waals surface area contributed by atoms with Gasteiger partial charge in [0.15, 0.2) is 18.2 Å². The summed E-state index contributed by atoms with van der Waals surface area (Å²) in [6.07, 6.45) is -1.50. The zero-order valence-electron chi connectivity index (χ0n) is 30.1. The van der Waals surface area contributed by atoms with Gasteiger partial charge in [-0.2, -0.15) is 0 Å². The molecule has 1 unspecified atom stereocenters. The molecule has 13 heteroatoms. The molecule has 0 spiro atoms. The molecule has 1 aromatic rings. The molecule has 3 aliphatic rings. The quantitative estimate of drug-likeness (QED) is 0.288. The van der Waals surface area contributed by atoms with E-state index in [1.165, 1.54) is 18.9 Å². The van der Waals surface area contributed by atoms with Gasteiger partial charge in [0.05, 0.1) is 35.5 Å². The van der Waals surface area contributed by atoms with Gasteiger partial charge in [-0.1, -0.05) is 32.0 Å². The van der Waals surface area contributed by atoms with E-state index in [0.29, 0.717) is 31.0 Å². The van der Waals surface area contributed by atoms with E-state index in [-0.39, 0.29) is 31.2 Å². The second-order valence-corrected chi connectivity index (χ2v) is 14.5. The van der Waals surface area contributed by atoms with E-state index in [4.69, 9.17) is 23.7 Å². The number of Topliss-reactive ketones (excluding diaryl/α,β-unsaturated/α-hetero) is 1. The predicted octanol–water partition coefficient (Wildman–Crippen LogP) is 3.59. The fraction of sp³-hybridized carbons (Fsp3) is 0.722. The average molecular weight is 690 g/mol. The number of methoxy groups -OCH3 is 1. The zero-order chi connectivity index (χ0) is 36.0. The summed E-state index contributed by atoms with van der Waals surface area (Å²) in [5, 5.41) is 13.6. The van der Waals surface area contributed by atoms with Crippen LogP contribution in [0.15, 0.2) is 30.3 Å². The summed E-state index contributed by atoms with van der Waals surface area (Å²) in [5.74, 6) is -4.02. The number of esters is 2. The predicted molar refractivity (Wildman–Crippen MR) is 180 cm³/mol. The van der Waals surface area contributed by atoms with Crippen LogP contribution in [0.4, 0.5) is 4.79 Å². The van der Waals surface area contributed by atoms with E-state index in [1.807, 2.05) is 45.8 Å². The van der Waals surface area contributed by atoms with Crippen molar-refractivity contribution in [2.24, 2.45) is 17.8 Å². The first kappa shape index (κ1) is 38.7. The highest BCUT2D eigenvalue weighted by atomic mass is 16.7. The fourth-order valence-corrected chi connectivity index (χ4v) is 7.07. The van der Waals surface area contributed by atoms with Crippen LogP contribution in [0.3, 0.4) is 0 Å². The minimum Gasteiger partial charge on any atom is -0.465 e. The number of nitrogens with zero attached hydrogens (tertiary/aromatic N) is 2. The number of cyclic esters (lactones) is 1. The maximum atomic E-state index is 14.1. The topological polar surface area (TPSA) is 153 Å². The number of hydrogen-bond donors (Lipinski definition) is 2. The number of ether oxygens (including phenoxy) is 5. The maximum absolute atomic E-state index is 14.1. The standard InChI is InChI=1S/C36H55N3O10/c1-21-17-36(5,45-8)31(49-34-30(28(38(6)7)16-22(2)47-34)48-33(42)25-12-10-9-11-13-25)23(3)29(40)24(4)32(41)46-20-27(18-37-26-14-15-26)39(19-21)35(43)44/h9-13,21-24,26-28,30-31,34,37H,14-20H2,1-8H3,(H,43,44)/t21-,22-,23+,24?,27-,28+,30-,31-,34+,36-/m1/s1. The molecule has 49 heavy (non-hydrogen) atoms. The normalized spacial score (nSPS) is 35.1. The Kier molecular flexibility index (Phi) is 13.2. The molecule has 274 valence electrons. The number of likely N-dealkylation sites (N-methyl/N-ethyl adjacent to an activating group) is 1. The Morgan fingerprint density at radius 2 is 1.78 bits per heavy atom. The number of ketones is 1. The number of amides is 1. The van der Waals surface area contributed by atoms with Gasteiger partial charge in [0.2, 0.25) is 0 Å². The Bertz CT molecular complexity index is 1290. The highest BCUT2D eigenvalue weighted by Gasteiger charge is 2.50. The van der Waals surface area contributed by atoms with Gasteiger partial charge in [-0.05, 0) is 78.6 Å². The van der Waals surface area contributed by atoms with Crippen molar-refractivity contribution in [3.63, 3.8) is 0 Å². The number of nitrogens with one attached hydrogen (secondary N) is 1. The monoisotopic (exact) mass is 689 g/mol. The highest BCUT2D eigenvalue weighted by molar-refractivity contribution is 6.00. The van der Waals surface area contributed by atoms with Crippen molar-refractivity contribution in [3.8, 4) is 0 Å². The van der Waals surface area contributed by atoms with E-state index in [9.17, 15) is 24.3 Å². The molecule has 0 bridgehead atoms. The highest BCUT2D eigenvalue weighted by Crippen LogP contribution is 2.37. The summed E-state index contributed by atoms with van der Waals surface area (Å²) in [7, 11) is 5.31. The molecule has 1 amide bonds. The minimum atomic E-state index is -1.16. The van der Waals surface area contributed by atoms with Gasteiger partial charge in [-0.25, -0.2) is 9.59 Å². The Balaban J connectivity index is 1.70. The summed E-state index contributed by atoms with van der Waals surface area (Å²) >= 11 is 0. The zero-order valence-corrected chi connectivity index (χ0v) is 30.1. The first-order valence-electron chi connectivity index (χ1n) is 17.4. The van der Waals surface area contributed by atoms with Gasteiger partial charge < -0.3 is 43.9 Å². The van der Waals surface area contributed by atoms with Gasteiger partial charge in [-0.3, -0.25) is 9.59 Å². The molecule has 2 N–H and O–H groups in total. The molecule has 10 atom stereocenters. The third kappa shape index (κ3) is 9.78. The molecule has 0 aromatic heterocycles. The third-order valence-corrected chi connectivity index (χ3v) is 10.1. The molecule has 2 saturated heterocycles. The number of hydrogen-bond acceptors (Lipinski definition) is 11. The first-order chi connectivity index (χ1) is 23.1. The van der Waals surface area contributed by atoms with Crippen molar-refractivity contribution in [2.75, 3.05) is 40.9 Å². The smallest absolute Gasteiger partial charge is 0.407 e. The summed E-state index contributed by atoms with van der Waals surface area (Å²) in [6.45, 7) is 9.08. The second kappa shape index (κ2) is 16.7. The van der Waals surface area contributed by atoms with Crippen LogP contribution in [0, 0.1) is 17.8 Å². The lowest BCUT2D eigenvalue weighted by Crippen LogP contribution is -2.60. The van der Waals surface area contributed by atoms with Gasteiger partial charge in [0, 0.05) is 32.2 Å². The minimum absolute atomic E-state index is 0.129. The van der Waals surface area contributed by atoms with Gasteiger partial charge in [-0.15, -0.1) is 0 Å². The van der Waals surface area contributed by atoms with Crippen LogP contribution in [-0.2, 0) is 33.3 Å². The number of carbonyl (C=O) groups is 4. The lowest BCUT2D eigenvalue weighted by molar-refractivity contribution is -0.294. The van der Waals surface area contributed by atoms with Crippen LogP contribution in [0.25, 0.3) is 0 Å². The number of benzene rings is 1. The Hall–Kier alpha value is -3.10. The Morgan fingerprint density at radius 3 is 2.37 bits per heavy atom. The molecule has 13 nitrogen and oxygen atoms in total.